The maximum Gasteiger partial charge on any atom is 0.266 e. The molecule has 1 fully saturated rings. The number of piperidine rings is 1. The van der Waals surface area contributed by atoms with Crippen LogP contribution >= 0.6 is 0 Å². The van der Waals surface area contributed by atoms with Gasteiger partial charge in [-0.15, -0.1) is 10.2 Å². The summed E-state index contributed by atoms with van der Waals surface area (Å²) >= 11 is 0. The molecule has 1 saturated heterocycles. The minimum absolute atomic E-state index is 0.192. The number of pyridine rings is 1. The summed E-state index contributed by atoms with van der Waals surface area (Å²) in [5.74, 6) is 1.12. The number of nitrogens with zero attached hydrogens (tertiary/aromatic N) is 4. The number of benzene rings is 1. The molecule has 4 rings (SSSR count). The summed E-state index contributed by atoms with van der Waals surface area (Å²) in [6.07, 6.45) is 3.78. The van der Waals surface area contributed by atoms with Crippen molar-refractivity contribution in [3.63, 3.8) is 0 Å². The van der Waals surface area contributed by atoms with Crippen molar-refractivity contribution in [1.29, 1.82) is 0 Å². The van der Waals surface area contributed by atoms with E-state index >= 15 is 0 Å². The van der Waals surface area contributed by atoms with E-state index in [9.17, 15) is 4.39 Å². The minimum atomic E-state index is -0.192. The lowest BCUT2D eigenvalue weighted by Crippen LogP contribution is -2.34. The van der Waals surface area contributed by atoms with E-state index in [0.29, 0.717) is 17.5 Å². The number of hydrogen-bond acceptors (Lipinski definition) is 5. The molecule has 0 aliphatic carbocycles. The van der Waals surface area contributed by atoms with Gasteiger partial charge in [-0.25, -0.2) is 4.39 Å². The van der Waals surface area contributed by atoms with Gasteiger partial charge in [0.15, 0.2) is 0 Å². The summed E-state index contributed by atoms with van der Waals surface area (Å²) in [5, 5.41) is 8.36. The van der Waals surface area contributed by atoms with Crippen molar-refractivity contribution in [2.45, 2.75) is 25.3 Å². The fourth-order valence-corrected chi connectivity index (χ4v) is 3.29. The van der Waals surface area contributed by atoms with E-state index in [1.807, 2.05) is 24.3 Å². The standard InChI is InChI=1S/C19H19FN4O/c20-16-7-3-5-14(11-16)12-24-10-4-6-15(13-24)18-22-23-19(25-18)17-8-1-2-9-21-17/h1-3,5,7-9,11,15H,4,6,10,12-13H2/t15-/m0/s1. The third-order valence-electron chi connectivity index (χ3n) is 4.47. The Morgan fingerprint density at radius 2 is 2.12 bits per heavy atom. The molecule has 5 nitrogen and oxygen atoms in total. The Bertz CT molecular complexity index is 836. The molecule has 25 heavy (non-hydrogen) atoms. The summed E-state index contributed by atoms with van der Waals surface area (Å²) in [5.41, 5.74) is 1.68. The Morgan fingerprint density at radius 1 is 1.16 bits per heavy atom. The smallest absolute Gasteiger partial charge is 0.266 e. The van der Waals surface area contributed by atoms with Crippen molar-refractivity contribution >= 4 is 0 Å². The van der Waals surface area contributed by atoms with Crippen LogP contribution in [0.5, 0.6) is 0 Å². The van der Waals surface area contributed by atoms with Gasteiger partial charge >= 0.3 is 0 Å². The van der Waals surface area contributed by atoms with E-state index in [-0.39, 0.29) is 11.7 Å². The normalized spacial score (nSPS) is 18.4. The van der Waals surface area contributed by atoms with Crippen LogP contribution in [-0.2, 0) is 6.54 Å². The molecule has 1 atom stereocenters. The van der Waals surface area contributed by atoms with Crippen LogP contribution in [0.15, 0.2) is 53.1 Å². The molecule has 0 radical (unpaired) electrons. The van der Waals surface area contributed by atoms with Gasteiger partial charge in [0.05, 0.1) is 5.92 Å². The summed E-state index contributed by atoms with van der Waals surface area (Å²) in [6.45, 7) is 2.56. The van der Waals surface area contributed by atoms with E-state index < -0.39 is 0 Å². The highest BCUT2D eigenvalue weighted by Crippen LogP contribution is 2.28. The first kappa shape index (κ1) is 15.9. The van der Waals surface area contributed by atoms with Crippen molar-refractivity contribution in [3.05, 3.63) is 65.9 Å². The Labute approximate surface area is 145 Å². The van der Waals surface area contributed by atoms with E-state index in [4.69, 9.17) is 4.42 Å². The lowest BCUT2D eigenvalue weighted by molar-refractivity contribution is 0.186. The summed E-state index contributed by atoms with van der Waals surface area (Å²) < 4.78 is 19.2. The van der Waals surface area contributed by atoms with Gasteiger partial charge in [-0.2, -0.15) is 0 Å². The molecule has 2 aromatic heterocycles. The summed E-state index contributed by atoms with van der Waals surface area (Å²) in [7, 11) is 0. The maximum absolute atomic E-state index is 13.4. The first-order valence-electron chi connectivity index (χ1n) is 8.49. The number of likely N-dealkylation sites (tertiary alicyclic amines) is 1. The van der Waals surface area contributed by atoms with Crippen molar-refractivity contribution in [2.24, 2.45) is 0 Å². The molecule has 1 aromatic carbocycles. The van der Waals surface area contributed by atoms with Crippen LogP contribution < -0.4 is 0 Å². The fourth-order valence-electron chi connectivity index (χ4n) is 3.29. The zero-order valence-electron chi connectivity index (χ0n) is 13.8. The molecule has 3 aromatic rings. The van der Waals surface area contributed by atoms with Gasteiger partial charge in [0.2, 0.25) is 5.89 Å². The lowest BCUT2D eigenvalue weighted by atomic mass is 9.97. The topological polar surface area (TPSA) is 55.1 Å². The Hall–Kier alpha value is -2.60. The maximum atomic E-state index is 13.4. The third kappa shape index (κ3) is 3.74. The quantitative estimate of drug-likeness (QED) is 0.727. The van der Waals surface area contributed by atoms with Crippen LogP contribution in [0.25, 0.3) is 11.6 Å². The third-order valence-corrected chi connectivity index (χ3v) is 4.47. The Morgan fingerprint density at radius 3 is 2.96 bits per heavy atom. The SMILES string of the molecule is Fc1cccc(CN2CCC[C@H](c3nnc(-c4ccccn4)o3)C2)c1. The first-order valence-corrected chi connectivity index (χ1v) is 8.49. The van der Waals surface area contributed by atoms with Crippen LogP contribution in [-0.4, -0.2) is 33.2 Å². The Kier molecular flexibility index (Phi) is 4.52. The highest BCUT2D eigenvalue weighted by molar-refractivity contribution is 5.45. The van der Waals surface area contributed by atoms with Crippen molar-refractivity contribution in [2.75, 3.05) is 13.1 Å². The summed E-state index contributed by atoms with van der Waals surface area (Å²) in [6, 6.07) is 12.4. The van der Waals surface area contributed by atoms with Gasteiger partial charge in [-0.1, -0.05) is 18.2 Å². The molecule has 0 spiro atoms. The van der Waals surface area contributed by atoms with Crippen molar-refractivity contribution in [3.8, 4) is 11.6 Å². The molecule has 6 heteroatoms. The van der Waals surface area contributed by atoms with Gasteiger partial charge < -0.3 is 4.42 Å². The molecular weight excluding hydrogens is 319 g/mol. The summed E-state index contributed by atoms with van der Waals surface area (Å²) in [4.78, 5) is 6.56. The second kappa shape index (κ2) is 7.11. The molecule has 1 aliphatic rings. The van der Waals surface area contributed by atoms with Crippen LogP contribution in [0, 0.1) is 5.82 Å². The second-order valence-corrected chi connectivity index (χ2v) is 6.36. The lowest BCUT2D eigenvalue weighted by Gasteiger charge is -2.31. The van der Waals surface area contributed by atoms with Gasteiger partial charge in [0, 0.05) is 19.3 Å². The monoisotopic (exact) mass is 338 g/mol. The minimum Gasteiger partial charge on any atom is -0.419 e. The molecule has 0 amide bonds. The number of halogens is 1. The highest BCUT2D eigenvalue weighted by atomic mass is 19.1. The number of rotatable bonds is 4. The molecule has 1 aliphatic heterocycles. The average molecular weight is 338 g/mol. The van der Waals surface area contributed by atoms with Gasteiger partial charge in [-0.3, -0.25) is 9.88 Å². The molecule has 0 unspecified atom stereocenters. The van der Waals surface area contributed by atoms with E-state index in [1.54, 1.807) is 18.3 Å². The second-order valence-electron chi connectivity index (χ2n) is 6.36. The average Bonchev–Trinajstić information content (AvgIpc) is 3.13. The first-order chi connectivity index (χ1) is 12.3. The predicted molar refractivity (Wildman–Crippen MR) is 91.2 cm³/mol. The van der Waals surface area contributed by atoms with E-state index in [1.165, 1.54) is 6.07 Å². The predicted octanol–water partition coefficient (Wildman–Crippen LogP) is 3.65. The molecule has 0 N–H and O–H groups in total. The highest BCUT2D eigenvalue weighted by Gasteiger charge is 2.26. The van der Waals surface area contributed by atoms with Crippen LogP contribution in [0.3, 0.4) is 0 Å². The zero-order chi connectivity index (χ0) is 17.1. The van der Waals surface area contributed by atoms with E-state index in [2.05, 4.69) is 20.1 Å². The van der Waals surface area contributed by atoms with Crippen LogP contribution in [0.2, 0.25) is 0 Å². The largest absolute Gasteiger partial charge is 0.419 e. The van der Waals surface area contributed by atoms with Gasteiger partial charge in [0.1, 0.15) is 11.5 Å². The van der Waals surface area contributed by atoms with Gasteiger partial charge in [-0.05, 0) is 49.2 Å². The molecule has 0 bridgehead atoms. The molecule has 128 valence electrons. The van der Waals surface area contributed by atoms with Crippen molar-refractivity contribution in [1.82, 2.24) is 20.1 Å². The zero-order valence-corrected chi connectivity index (χ0v) is 13.8. The molecular formula is C19H19FN4O. The Balaban J connectivity index is 1.45. The van der Waals surface area contributed by atoms with Gasteiger partial charge in [0.25, 0.3) is 5.89 Å². The molecule has 0 saturated carbocycles. The van der Waals surface area contributed by atoms with Crippen LogP contribution in [0.4, 0.5) is 4.39 Å². The van der Waals surface area contributed by atoms with Crippen molar-refractivity contribution < 1.29 is 8.81 Å². The number of aromatic nitrogens is 3. The van der Waals surface area contributed by atoms with Crippen LogP contribution in [0.1, 0.15) is 30.2 Å². The fraction of sp³-hybridized carbons (Fsp3) is 0.316. The number of hydrogen-bond donors (Lipinski definition) is 0. The van der Waals surface area contributed by atoms with E-state index in [0.717, 1.165) is 38.0 Å². The molecule has 3 heterocycles.